The number of halogens is 3. The highest BCUT2D eigenvalue weighted by Gasteiger charge is 2.14. The van der Waals surface area contributed by atoms with E-state index in [2.05, 4.69) is 5.32 Å². The molecule has 114 valence electrons. The van der Waals surface area contributed by atoms with Crippen molar-refractivity contribution >= 4 is 41.6 Å². The number of carbonyl (C=O) groups is 1. The molecule has 0 heterocycles. The summed E-state index contributed by atoms with van der Waals surface area (Å²) < 4.78 is 5.45. The van der Waals surface area contributed by atoms with Crippen molar-refractivity contribution in [2.45, 2.75) is 25.8 Å². The molecule has 0 saturated carbocycles. The molecular formula is C13H18Cl3NO3. The highest BCUT2D eigenvalue weighted by molar-refractivity contribution is 6.34. The van der Waals surface area contributed by atoms with Gasteiger partial charge in [0.15, 0.2) is 0 Å². The van der Waals surface area contributed by atoms with E-state index in [1.807, 2.05) is 6.92 Å². The zero-order chi connectivity index (χ0) is 14.3. The quantitative estimate of drug-likeness (QED) is 0.708. The first-order chi connectivity index (χ1) is 9.04. The summed E-state index contributed by atoms with van der Waals surface area (Å²) >= 11 is 11.8. The Morgan fingerprint density at radius 3 is 2.75 bits per heavy atom. The molecule has 0 radical (unpaired) electrons. The number of rotatable bonds is 8. The van der Waals surface area contributed by atoms with Gasteiger partial charge >= 0.3 is 5.97 Å². The van der Waals surface area contributed by atoms with Gasteiger partial charge in [-0.3, -0.25) is 4.79 Å². The summed E-state index contributed by atoms with van der Waals surface area (Å²) in [6.45, 7) is 2.70. The number of aliphatic carboxylic acids is 1. The van der Waals surface area contributed by atoms with Crippen LogP contribution < -0.4 is 10.1 Å². The summed E-state index contributed by atoms with van der Waals surface area (Å²) in [7, 11) is 0. The zero-order valence-corrected chi connectivity index (χ0v) is 13.4. The largest absolute Gasteiger partial charge is 0.491 e. The van der Waals surface area contributed by atoms with Gasteiger partial charge in [-0.05, 0) is 18.6 Å². The Labute approximate surface area is 134 Å². The number of nitrogens with one attached hydrogen (secondary N) is 1. The molecule has 0 amide bonds. The lowest BCUT2D eigenvalue weighted by Gasteiger charge is -2.14. The predicted molar refractivity (Wildman–Crippen MR) is 83.5 cm³/mol. The molecule has 0 aliphatic rings. The Morgan fingerprint density at radius 2 is 2.15 bits per heavy atom. The van der Waals surface area contributed by atoms with E-state index in [9.17, 15) is 4.79 Å². The van der Waals surface area contributed by atoms with E-state index in [-0.39, 0.29) is 12.4 Å². The first-order valence-corrected chi connectivity index (χ1v) is 6.84. The van der Waals surface area contributed by atoms with Crippen LogP contribution in [0.1, 0.15) is 19.8 Å². The fourth-order valence-corrected chi connectivity index (χ4v) is 1.92. The molecule has 1 rings (SSSR count). The van der Waals surface area contributed by atoms with Crippen LogP contribution in [0.5, 0.6) is 5.75 Å². The van der Waals surface area contributed by atoms with Crippen LogP contribution in [0.25, 0.3) is 0 Å². The van der Waals surface area contributed by atoms with Crippen molar-refractivity contribution in [3.63, 3.8) is 0 Å². The Kier molecular flexibility index (Phi) is 9.76. The number of carboxylic acids is 1. The number of hydrogen-bond acceptors (Lipinski definition) is 3. The van der Waals surface area contributed by atoms with Crippen LogP contribution in [0.2, 0.25) is 10.0 Å². The van der Waals surface area contributed by atoms with Gasteiger partial charge in [-0.2, -0.15) is 0 Å². The van der Waals surface area contributed by atoms with Gasteiger partial charge in [-0.1, -0.05) is 36.5 Å². The number of hydrogen-bond donors (Lipinski definition) is 2. The maximum atomic E-state index is 10.9. The van der Waals surface area contributed by atoms with E-state index in [1.54, 1.807) is 18.2 Å². The third-order valence-electron chi connectivity index (χ3n) is 2.52. The summed E-state index contributed by atoms with van der Waals surface area (Å²) in [6.07, 6.45) is 1.40. The smallest absolute Gasteiger partial charge is 0.320 e. The third-order valence-corrected chi connectivity index (χ3v) is 3.07. The van der Waals surface area contributed by atoms with Crippen LogP contribution in [0.4, 0.5) is 0 Å². The summed E-state index contributed by atoms with van der Waals surface area (Å²) in [5.74, 6) is -0.346. The van der Waals surface area contributed by atoms with Crippen molar-refractivity contribution in [2.75, 3.05) is 13.2 Å². The highest BCUT2D eigenvalue weighted by atomic mass is 35.5. The van der Waals surface area contributed by atoms with Gasteiger partial charge in [-0.25, -0.2) is 0 Å². The van der Waals surface area contributed by atoms with E-state index in [1.165, 1.54) is 0 Å². The first kappa shape index (κ1) is 19.3. The second-order valence-corrected chi connectivity index (χ2v) is 4.90. The predicted octanol–water partition coefficient (Wildman–Crippen LogP) is 3.64. The Hall–Kier alpha value is -0.680. The van der Waals surface area contributed by atoms with Crippen LogP contribution >= 0.6 is 35.6 Å². The molecule has 0 aromatic heterocycles. The molecule has 4 nitrogen and oxygen atoms in total. The van der Waals surface area contributed by atoms with Crippen LogP contribution in [0.3, 0.4) is 0 Å². The molecular weight excluding hydrogens is 325 g/mol. The molecule has 2 N–H and O–H groups in total. The summed E-state index contributed by atoms with van der Waals surface area (Å²) in [4.78, 5) is 10.9. The van der Waals surface area contributed by atoms with E-state index in [4.69, 9.17) is 33.0 Å². The molecule has 1 atom stereocenters. The molecule has 7 heteroatoms. The number of ether oxygens (including phenoxy) is 1. The van der Waals surface area contributed by atoms with Gasteiger partial charge in [0.2, 0.25) is 0 Å². The van der Waals surface area contributed by atoms with Gasteiger partial charge in [0, 0.05) is 17.6 Å². The first-order valence-electron chi connectivity index (χ1n) is 6.08. The lowest BCUT2D eigenvalue weighted by atomic mass is 10.2. The van der Waals surface area contributed by atoms with Gasteiger partial charge in [0.25, 0.3) is 0 Å². The van der Waals surface area contributed by atoms with Crippen molar-refractivity contribution in [3.05, 3.63) is 28.2 Å². The Bertz CT molecular complexity index is 429. The van der Waals surface area contributed by atoms with Crippen LogP contribution in [-0.4, -0.2) is 30.3 Å². The fraction of sp³-hybridized carbons (Fsp3) is 0.462. The van der Waals surface area contributed by atoms with Gasteiger partial charge < -0.3 is 15.2 Å². The standard InChI is InChI=1S/C13H17Cl2NO3.ClH/c1-2-3-11(13(17)18)16-6-7-19-12-8-9(14)4-5-10(12)15;/h4-5,8,11,16H,2-3,6-7H2,1H3,(H,17,18);1H. The third kappa shape index (κ3) is 6.66. The lowest BCUT2D eigenvalue weighted by molar-refractivity contribution is -0.139. The summed E-state index contributed by atoms with van der Waals surface area (Å²) in [5.41, 5.74) is 0. The van der Waals surface area contributed by atoms with E-state index >= 15 is 0 Å². The zero-order valence-electron chi connectivity index (χ0n) is 11.1. The van der Waals surface area contributed by atoms with E-state index < -0.39 is 12.0 Å². The maximum absolute atomic E-state index is 10.9. The minimum absolute atomic E-state index is 0. The minimum Gasteiger partial charge on any atom is -0.491 e. The molecule has 1 aromatic rings. The lowest BCUT2D eigenvalue weighted by Crippen LogP contribution is -2.38. The average Bonchev–Trinajstić information content (AvgIpc) is 2.36. The van der Waals surface area contributed by atoms with Crippen LogP contribution in [0.15, 0.2) is 18.2 Å². The van der Waals surface area contributed by atoms with Crippen molar-refractivity contribution in [1.82, 2.24) is 5.32 Å². The maximum Gasteiger partial charge on any atom is 0.320 e. The molecule has 1 unspecified atom stereocenters. The minimum atomic E-state index is -0.845. The molecule has 0 aliphatic carbocycles. The molecule has 20 heavy (non-hydrogen) atoms. The highest BCUT2D eigenvalue weighted by Crippen LogP contribution is 2.27. The molecule has 0 saturated heterocycles. The van der Waals surface area contributed by atoms with Crippen LogP contribution in [0, 0.1) is 0 Å². The molecule has 1 aromatic carbocycles. The van der Waals surface area contributed by atoms with Crippen molar-refractivity contribution in [3.8, 4) is 5.75 Å². The van der Waals surface area contributed by atoms with Crippen molar-refractivity contribution in [2.24, 2.45) is 0 Å². The SMILES string of the molecule is CCCC(NCCOc1cc(Cl)ccc1Cl)C(=O)O.Cl. The van der Waals surface area contributed by atoms with Crippen LogP contribution in [-0.2, 0) is 4.79 Å². The summed E-state index contributed by atoms with van der Waals surface area (Å²) in [5, 5.41) is 12.9. The second kappa shape index (κ2) is 10.1. The molecule has 0 fully saturated rings. The van der Waals surface area contributed by atoms with E-state index in [0.717, 1.165) is 6.42 Å². The van der Waals surface area contributed by atoms with Gasteiger partial charge in [0.05, 0.1) is 5.02 Å². The topological polar surface area (TPSA) is 58.6 Å². The van der Waals surface area contributed by atoms with Gasteiger partial charge in [0.1, 0.15) is 18.4 Å². The fourth-order valence-electron chi connectivity index (χ4n) is 1.58. The van der Waals surface area contributed by atoms with Gasteiger partial charge in [-0.15, -0.1) is 12.4 Å². The second-order valence-electron chi connectivity index (χ2n) is 4.06. The molecule has 0 bridgehead atoms. The Morgan fingerprint density at radius 1 is 1.45 bits per heavy atom. The Balaban J connectivity index is 0.00000361. The van der Waals surface area contributed by atoms with Crippen molar-refractivity contribution < 1.29 is 14.6 Å². The summed E-state index contributed by atoms with van der Waals surface area (Å²) in [6, 6.07) is 4.42. The molecule has 0 aliphatic heterocycles. The monoisotopic (exact) mass is 341 g/mol. The molecule has 0 spiro atoms. The average molecular weight is 343 g/mol. The van der Waals surface area contributed by atoms with Crippen molar-refractivity contribution in [1.29, 1.82) is 0 Å². The van der Waals surface area contributed by atoms with E-state index in [0.29, 0.717) is 35.4 Å². The number of carboxylic acid groups (broad SMARTS) is 1. The number of benzene rings is 1. The normalized spacial score (nSPS) is 11.6.